The molecule has 0 saturated heterocycles. The Balaban J connectivity index is 1.32. The molecule has 5 rings (SSSR count). The van der Waals surface area contributed by atoms with Crippen LogP contribution < -0.4 is 10.1 Å². The van der Waals surface area contributed by atoms with Crippen molar-refractivity contribution in [2.75, 3.05) is 7.11 Å². The molecule has 0 aliphatic heterocycles. The van der Waals surface area contributed by atoms with E-state index in [1.54, 1.807) is 13.3 Å². The number of nitrogens with one attached hydrogen (secondary N) is 2. The zero-order valence-electron chi connectivity index (χ0n) is 18.7. The van der Waals surface area contributed by atoms with E-state index in [1.807, 2.05) is 66.9 Å². The van der Waals surface area contributed by atoms with Crippen molar-refractivity contribution in [1.82, 2.24) is 25.5 Å². The molecule has 0 spiro atoms. The minimum absolute atomic E-state index is 0.123. The molecule has 0 aliphatic carbocycles. The molecule has 2 N–H and O–H groups in total. The van der Waals surface area contributed by atoms with E-state index in [2.05, 4.69) is 37.6 Å². The normalized spacial score (nSPS) is 10.9. The summed E-state index contributed by atoms with van der Waals surface area (Å²) in [6.45, 7) is 0.388. The lowest BCUT2D eigenvalue weighted by Crippen LogP contribution is -2.25. The summed E-state index contributed by atoms with van der Waals surface area (Å²) in [5.41, 5.74) is 4.06. The fraction of sp³-hybridized carbons (Fsp3) is 0.111. The molecule has 3 aromatic carbocycles. The topological polar surface area (TPSA) is 92.8 Å². The number of aromatic nitrogens is 4. The number of hydrogen-bond acceptors (Lipinski definition) is 5. The van der Waals surface area contributed by atoms with Gasteiger partial charge in [0.25, 0.3) is 0 Å². The summed E-state index contributed by atoms with van der Waals surface area (Å²) in [6.07, 6.45) is 3.74. The molecule has 2 heterocycles. The van der Waals surface area contributed by atoms with Gasteiger partial charge < -0.3 is 15.0 Å². The van der Waals surface area contributed by atoms with E-state index in [-0.39, 0.29) is 12.3 Å². The van der Waals surface area contributed by atoms with Crippen LogP contribution in [0.4, 0.5) is 0 Å². The van der Waals surface area contributed by atoms with Gasteiger partial charge in [0.2, 0.25) is 5.91 Å². The molecule has 0 atom stereocenters. The zero-order chi connectivity index (χ0) is 23.3. The van der Waals surface area contributed by atoms with Gasteiger partial charge in [-0.25, -0.2) is 0 Å². The number of carbonyl (C=O) groups is 1. The van der Waals surface area contributed by atoms with Gasteiger partial charge in [-0.15, -0.1) is 10.2 Å². The van der Waals surface area contributed by atoms with Gasteiger partial charge in [-0.05, 0) is 40.3 Å². The minimum Gasteiger partial charge on any atom is -0.497 e. The van der Waals surface area contributed by atoms with Gasteiger partial charge in [0, 0.05) is 29.9 Å². The lowest BCUT2D eigenvalue weighted by molar-refractivity contribution is -0.120. The van der Waals surface area contributed by atoms with Crippen LogP contribution in [0.1, 0.15) is 11.4 Å². The Hall–Kier alpha value is -4.52. The summed E-state index contributed by atoms with van der Waals surface area (Å²) in [7, 11) is 1.66. The average Bonchev–Trinajstić information content (AvgIpc) is 3.36. The highest BCUT2D eigenvalue weighted by Crippen LogP contribution is 2.32. The minimum atomic E-state index is -0.135. The first-order valence-electron chi connectivity index (χ1n) is 10.9. The highest BCUT2D eigenvalue weighted by atomic mass is 16.5. The third-order valence-electron chi connectivity index (χ3n) is 5.67. The second-order valence-corrected chi connectivity index (χ2v) is 7.87. The lowest BCUT2D eigenvalue weighted by Gasteiger charge is -2.13. The number of carbonyl (C=O) groups excluding carboxylic acids is 1. The predicted molar refractivity (Wildman–Crippen MR) is 131 cm³/mol. The van der Waals surface area contributed by atoms with Crippen molar-refractivity contribution in [2.24, 2.45) is 0 Å². The molecule has 168 valence electrons. The number of nitrogens with zero attached hydrogens (tertiary/aromatic N) is 3. The number of hydrogen-bond donors (Lipinski definition) is 2. The van der Waals surface area contributed by atoms with Crippen molar-refractivity contribution in [2.45, 2.75) is 13.0 Å². The molecule has 1 amide bonds. The molecule has 0 bridgehead atoms. The van der Waals surface area contributed by atoms with Crippen molar-refractivity contribution < 1.29 is 9.53 Å². The van der Waals surface area contributed by atoms with Crippen LogP contribution in [-0.4, -0.2) is 33.2 Å². The molecule has 0 aliphatic rings. The molecular formula is C27H23N5O2. The SMILES string of the molecule is COc1cccc(-c2ccc(CNC(=O)Cc3nnc(-c4ccccc4)[nH]3)c3cnccc23)c1. The number of aromatic amines is 1. The van der Waals surface area contributed by atoms with Crippen molar-refractivity contribution in [1.29, 1.82) is 0 Å². The Kier molecular flexibility index (Phi) is 5.99. The zero-order valence-corrected chi connectivity index (χ0v) is 18.7. The van der Waals surface area contributed by atoms with E-state index in [1.165, 1.54) is 0 Å². The summed E-state index contributed by atoms with van der Waals surface area (Å²) in [6, 6.07) is 23.8. The molecule has 2 aromatic heterocycles. The maximum atomic E-state index is 12.6. The summed E-state index contributed by atoms with van der Waals surface area (Å²) >= 11 is 0. The smallest absolute Gasteiger partial charge is 0.227 e. The molecule has 0 saturated carbocycles. The number of ether oxygens (including phenoxy) is 1. The lowest BCUT2D eigenvalue weighted by atomic mass is 9.96. The van der Waals surface area contributed by atoms with Crippen LogP contribution >= 0.6 is 0 Å². The standard InChI is InChI=1S/C27H23N5O2/c1-34-21-9-5-8-19(14-21)22-11-10-20(24-17-28-13-12-23(22)24)16-29-26(33)15-25-30-27(32-31-25)18-6-3-2-4-7-18/h2-14,17H,15-16H2,1H3,(H,29,33)(H,30,31,32). The summed E-state index contributed by atoms with van der Waals surface area (Å²) in [5, 5.41) is 13.3. The highest BCUT2D eigenvalue weighted by Gasteiger charge is 2.12. The molecule has 7 nitrogen and oxygen atoms in total. The third kappa shape index (κ3) is 4.49. The molecule has 0 fully saturated rings. The van der Waals surface area contributed by atoms with Crippen LogP contribution in [0.25, 0.3) is 33.3 Å². The molecule has 5 aromatic rings. The van der Waals surface area contributed by atoms with E-state index >= 15 is 0 Å². The van der Waals surface area contributed by atoms with E-state index in [0.717, 1.165) is 38.8 Å². The van der Waals surface area contributed by atoms with Crippen molar-refractivity contribution in [3.05, 3.63) is 96.6 Å². The molecular weight excluding hydrogens is 426 g/mol. The molecule has 34 heavy (non-hydrogen) atoms. The van der Waals surface area contributed by atoms with Crippen LogP contribution in [0, 0.1) is 0 Å². The Morgan fingerprint density at radius 3 is 2.65 bits per heavy atom. The number of H-pyrrole nitrogens is 1. The fourth-order valence-electron chi connectivity index (χ4n) is 3.96. The van der Waals surface area contributed by atoms with Crippen LogP contribution in [0.15, 0.2) is 85.2 Å². The van der Waals surface area contributed by atoms with Gasteiger partial charge in [-0.1, -0.05) is 54.6 Å². The van der Waals surface area contributed by atoms with Crippen LogP contribution in [0.2, 0.25) is 0 Å². The van der Waals surface area contributed by atoms with Crippen LogP contribution in [0.3, 0.4) is 0 Å². The number of methoxy groups -OCH3 is 1. The maximum absolute atomic E-state index is 12.6. The Morgan fingerprint density at radius 2 is 1.79 bits per heavy atom. The Morgan fingerprint density at radius 1 is 0.941 bits per heavy atom. The number of amides is 1. The largest absolute Gasteiger partial charge is 0.497 e. The molecule has 0 unspecified atom stereocenters. The quantitative estimate of drug-likeness (QED) is 0.380. The fourth-order valence-corrected chi connectivity index (χ4v) is 3.96. The predicted octanol–water partition coefficient (Wildman–Crippen LogP) is 4.55. The van der Waals surface area contributed by atoms with Crippen LogP contribution in [-0.2, 0) is 17.8 Å². The maximum Gasteiger partial charge on any atom is 0.227 e. The first-order chi connectivity index (χ1) is 16.7. The number of pyridine rings is 1. The van der Waals surface area contributed by atoms with Gasteiger partial charge >= 0.3 is 0 Å². The summed E-state index contributed by atoms with van der Waals surface area (Å²) in [4.78, 5) is 20.0. The van der Waals surface area contributed by atoms with Gasteiger partial charge in [0.1, 0.15) is 11.6 Å². The highest BCUT2D eigenvalue weighted by molar-refractivity contribution is 5.98. The van der Waals surface area contributed by atoms with Gasteiger partial charge in [-0.2, -0.15) is 0 Å². The number of benzene rings is 3. The average molecular weight is 450 g/mol. The monoisotopic (exact) mass is 449 g/mol. The van der Waals surface area contributed by atoms with E-state index in [0.29, 0.717) is 18.2 Å². The second-order valence-electron chi connectivity index (χ2n) is 7.87. The Labute approximate surface area is 196 Å². The molecule has 0 radical (unpaired) electrons. The molecule has 7 heteroatoms. The van der Waals surface area contributed by atoms with E-state index < -0.39 is 0 Å². The van der Waals surface area contributed by atoms with Gasteiger partial charge in [0.15, 0.2) is 5.82 Å². The van der Waals surface area contributed by atoms with Gasteiger partial charge in [0.05, 0.1) is 13.5 Å². The number of rotatable bonds is 7. The van der Waals surface area contributed by atoms with Crippen molar-refractivity contribution in [3.8, 4) is 28.3 Å². The van der Waals surface area contributed by atoms with Crippen molar-refractivity contribution >= 4 is 16.7 Å². The first kappa shape index (κ1) is 21.3. The van der Waals surface area contributed by atoms with E-state index in [4.69, 9.17) is 4.74 Å². The van der Waals surface area contributed by atoms with Gasteiger partial charge in [-0.3, -0.25) is 9.78 Å². The van der Waals surface area contributed by atoms with Crippen LogP contribution in [0.5, 0.6) is 5.75 Å². The second kappa shape index (κ2) is 9.54. The van der Waals surface area contributed by atoms with Crippen molar-refractivity contribution in [3.63, 3.8) is 0 Å². The van der Waals surface area contributed by atoms with E-state index in [9.17, 15) is 4.79 Å². The summed E-state index contributed by atoms with van der Waals surface area (Å²) < 4.78 is 5.38. The number of fused-ring (bicyclic) bond motifs is 1. The third-order valence-corrected chi connectivity index (χ3v) is 5.67. The first-order valence-corrected chi connectivity index (χ1v) is 10.9. The Bertz CT molecular complexity index is 1450. The summed E-state index contributed by atoms with van der Waals surface area (Å²) in [5.74, 6) is 1.84.